The maximum Gasteiger partial charge on any atom is 0.226 e. The van der Waals surface area contributed by atoms with Crippen LogP contribution in [-0.2, 0) is 17.9 Å². The topological polar surface area (TPSA) is 50.2 Å². The van der Waals surface area contributed by atoms with Crippen LogP contribution in [0.15, 0.2) is 42.5 Å². The SMILES string of the molecule is CC(C)C(=O)Nc1cccc(N2CCn3c(nc4cc(Cl)ccc43)C2)c1. The molecule has 3 aromatic rings. The summed E-state index contributed by atoms with van der Waals surface area (Å²) in [5.41, 5.74) is 3.98. The second-order valence-corrected chi connectivity index (χ2v) is 7.36. The summed E-state index contributed by atoms with van der Waals surface area (Å²) in [5.74, 6) is 1.02. The van der Waals surface area contributed by atoms with Crippen molar-refractivity contribution in [2.45, 2.75) is 26.9 Å². The second kappa shape index (κ2) is 6.65. The van der Waals surface area contributed by atoms with Gasteiger partial charge in [0.2, 0.25) is 5.91 Å². The monoisotopic (exact) mass is 368 g/mol. The van der Waals surface area contributed by atoms with Gasteiger partial charge in [0.05, 0.1) is 17.6 Å². The summed E-state index contributed by atoms with van der Waals surface area (Å²) in [6.07, 6.45) is 0. The number of anilines is 2. The third-order valence-corrected chi connectivity index (χ3v) is 4.95. The fourth-order valence-electron chi connectivity index (χ4n) is 3.28. The van der Waals surface area contributed by atoms with Crippen LogP contribution in [-0.4, -0.2) is 22.0 Å². The molecule has 1 N–H and O–H groups in total. The molecule has 26 heavy (non-hydrogen) atoms. The molecule has 1 amide bonds. The van der Waals surface area contributed by atoms with Crippen LogP contribution >= 0.6 is 11.6 Å². The van der Waals surface area contributed by atoms with Gasteiger partial charge in [-0.3, -0.25) is 4.79 Å². The maximum absolute atomic E-state index is 11.9. The Morgan fingerprint density at radius 3 is 2.85 bits per heavy atom. The van der Waals surface area contributed by atoms with Crippen LogP contribution in [0.3, 0.4) is 0 Å². The summed E-state index contributed by atoms with van der Waals surface area (Å²) < 4.78 is 2.26. The van der Waals surface area contributed by atoms with E-state index in [4.69, 9.17) is 16.6 Å². The summed E-state index contributed by atoms with van der Waals surface area (Å²) in [4.78, 5) is 19.0. The molecule has 0 radical (unpaired) electrons. The number of nitrogens with zero attached hydrogens (tertiary/aromatic N) is 3. The van der Waals surface area contributed by atoms with Crippen molar-refractivity contribution in [2.75, 3.05) is 16.8 Å². The summed E-state index contributed by atoms with van der Waals surface area (Å²) in [6, 6.07) is 13.8. The Balaban J connectivity index is 1.59. The number of carbonyl (C=O) groups is 1. The first-order valence-corrected chi connectivity index (χ1v) is 9.19. The van der Waals surface area contributed by atoms with Crippen LogP contribution in [0.2, 0.25) is 5.02 Å². The smallest absolute Gasteiger partial charge is 0.226 e. The predicted octanol–water partition coefficient (Wildman–Crippen LogP) is 4.30. The number of benzene rings is 2. The number of carbonyl (C=O) groups excluding carboxylic acids is 1. The molecule has 0 bridgehead atoms. The molecule has 1 aliphatic heterocycles. The largest absolute Gasteiger partial charge is 0.362 e. The molecular formula is C20H21ClN4O. The van der Waals surface area contributed by atoms with Gasteiger partial charge in [-0.05, 0) is 36.4 Å². The van der Waals surface area contributed by atoms with Crippen LogP contribution in [0.25, 0.3) is 11.0 Å². The van der Waals surface area contributed by atoms with E-state index >= 15 is 0 Å². The molecule has 0 unspecified atom stereocenters. The highest BCUT2D eigenvalue weighted by Gasteiger charge is 2.21. The van der Waals surface area contributed by atoms with Crippen LogP contribution in [0, 0.1) is 5.92 Å². The number of amides is 1. The zero-order valence-corrected chi connectivity index (χ0v) is 15.6. The lowest BCUT2D eigenvalue weighted by molar-refractivity contribution is -0.118. The van der Waals surface area contributed by atoms with Crippen molar-refractivity contribution >= 4 is 39.9 Å². The zero-order chi connectivity index (χ0) is 18.3. The molecule has 0 aliphatic carbocycles. The Labute approximate surface area is 157 Å². The first-order valence-electron chi connectivity index (χ1n) is 8.82. The number of halogens is 1. The molecule has 0 saturated carbocycles. The molecule has 0 fully saturated rings. The summed E-state index contributed by atoms with van der Waals surface area (Å²) in [7, 11) is 0. The summed E-state index contributed by atoms with van der Waals surface area (Å²) in [5, 5.41) is 3.67. The van der Waals surface area contributed by atoms with Gasteiger partial charge in [0.25, 0.3) is 0 Å². The number of fused-ring (bicyclic) bond motifs is 3. The average molecular weight is 369 g/mol. The van der Waals surface area contributed by atoms with E-state index in [0.29, 0.717) is 5.02 Å². The van der Waals surface area contributed by atoms with Crippen molar-refractivity contribution < 1.29 is 4.79 Å². The van der Waals surface area contributed by atoms with Gasteiger partial charge < -0.3 is 14.8 Å². The second-order valence-electron chi connectivity index (χ2n) is 6.93. The minimum atomic E-state index is -0.0413. The fraction of sp³-hybridized carbons (Fsp3) is 0.300. The van der Waals surface area contributed by atoms with Gasteiger partial charge in [-0.25, -0.2) is 4.98 Å². The van der Waals surface area contributed by atoms with Crippen molar-refractivity contribution in [3.8, 4) is 0 Å². The minimum absolute atomic E-state index is 0.0273. The zero-order valence-electron chi connectivity index (χ0n) is 14.9. The molecule has 0 spiro atoms. The Kier molecular flexibility index (Phi) is 4.32. The molecule has 6 heteroatoms. The Morgan fingerprint density at radius 2 is 2.04 bits per heavy atom. The summed E-state index contributed by atoms with van der Waals surface area (Å²) in [6.45, 7) is 6.27. The average Bonchev–Trinajstić information content (AvgIpc) is 2.98. The molecule has 0 saturated heterocycles. The number of rotatable bonds is 3. The van der Waals surface area contributed by atoms with Gasteiger partial charge in [-0.15, -0.1) is 0 Å². The van der Waals surface area contributed by atoms with Crippen molar-refractivity contribution in [2.24, 2.45) is 5.92 Å². The summed E-state index contributed by atoms with van der Waals surface area (Å²) >= 11 is 6.09. The molecule has 0 atom stereocenters. The van der Waals surface area contributed by atoms with Crippen molar-refractivity contribution in [1.82, 2.24) is 9.55 Å². The standard InChI is InChI=1S/C20H21ClN4O/c1-13(2)20(26)22-15-4-3-5-16(11-15)24-8-9-25-18-7-6-14(21)10-17(18)23-19(25)12-24/h3-7,10-11,13H,8-9,12H2,1-2H3,(H,22,26). The lowest BCUT2D eigenvalue weighted by Crippen LogP contribution is -2.33. The lowest BCUT2D eigenvalue weighted by atomic mass is 10.2. The van der Waals surface area contributed by atoms with E-state index in [-0.39, 0.29) is 11.8 Å². The van der Waals surface area contributed by atoms with Crippen LogP contribution < -0.4 is 10.2 Å². The van der Waals surface area contributed by atoms with Crippen molar-refractivity contribution in [3.63, 3.8) is 0 Å². The van der Waals surface area contributed by atoms with Crippen molar-refractivity contribution in [3.05, 3.63) is 53.3 Å². The van der Waals surface area contributed by atoms with Gasteiger partial charge in [0.1, 0.15) is 5.82 Å². The molecule has 134 valence electrons. The van der Waals surface area contributed by atoms with E-state index in [9.17, 15) is 4.79 Å². The number of hydrogen-bond acceptors (Lipinski definition) is 3. The first kappa shape index (κ1) is 16.9. The number of imidazole rings is 1. The van der Waals surface area contributed by atoms with Crippen LogP contribution in [0.5, 0.6) is 0 Å². The molecule has 1 aliphatic rings. The molecule has 2 heterocycles. The third-order valence-electron chi connectivity index (χ3n) is 4.72. The minimum Gasteiger partial charge on any atom is -0.362 e. The van der Waals surface area contributed by atoms with Gasteiger partial charge in [0.15, 0.2) is 0 Å². The highest BCUT2D eigenvalue weighted by Crippen LogP contribution is 2.27. The molecule has 1 aromatic heterocycles. The fourth-order valence-corrected chi connectivity index (χ4v) is 3.45. The van der Waals surface area contributed by atoms with E-state index in [0.717, 1.165) is 47.9 Å². The Bertz CT molecular complexity index is 979. The van der Waals surface area contributed by atoms with Gasteiger partial charge in [0, 0.05) is 35.4 Å². The number of nitrogens with one attached hydrogen (secondary N) is 1. The predicted molar refractivity (Wildman–Crippen MR) is 106 cm³/mol. The van der Waals surface area contributed by atoms with E-state index in [1.807, 2.05) is 50.2 Å². The highest BCUT2D eigenvalue weighted by atomic mass is 35.5. The molecular weight excluding hydrogens is 348 g/mol. The Hall–Kier alpha value is -2.53. The molecule has 4 rings (SSSR count). The first-order chi connectivity index (χ1) is 12.5. The maximum atomic E-state index is 11.9. The normalized spacial score (nSPS) is 13.9. The van der Waals surface area contributed by atoms with E-state index in [2.05, 4.69) is 20.9 Å². The lowest BCUT2D eigenvalue weighted by Gasteiger charge is -2.30. The van der Waals surface area contributed by atoms with Crippen LogP contribution in [0.1, 0.15) is 19.7 Å². The quantitative estimate of drug-likeness (QED) is 0.749. The van der Waals surface area contributed by atoms with Gasteiger partial charge in [-0.1, -0.05) is 31.5 Å². The molecule has 2 aromatic carbocycles. The van der Waals surface area contributed by atoms with Gasteiger partial charge >= 0.3 is 0 Å². The van der Waals surface area contributed by atoms with E-state index in [1.165, 1.54) is 0 Å². The highest BCUT2D eigenvalue weighted by molar-refractivity contribution is 6.31. The third kappa shape index (κ3) is 3.15. The molecule has 5 nitrogen and oxygen atoms in total. The van der Waals surface area contributed by atoms with Gasteiger partial charge in [-0.2, -0.15) is 0 Å². The van der Waals surface area contributed by atoms with Crippen molar-refractivity contribution in [1.29, 1.82) is 0 Å². The number of hydrogen-bond donors (Lipinski definition) is 1. The van der Waals surface area contributed by atoms with Crippen LogP contribution in [0.4, 0.5) is 11.4 Å². The van der Waals surface area contributed by atoms with E-state index < -0.39 is 0 Å². The Morgan fingerprint density at radius 1 is 1.19 bits per heavy atom. The van der Waals surface area contributed by atoms with E-state index in [1.54, 1.807) is 0 Å². The number of aromatic nitrogens is 2.